The smallest absolute Gasteiger partial charge is 0.0662 e. The number of aliphatic hydroxyl groups is 2. The maximum absolute atomic E-state index is 7.62. The first-order valence-electron chi connectivity index (χ1n) is 2.12. The monoisotopic (exact) mass is 130 g/mol. The van der Waals surface area contributed by atoms with Crippen molar-refractivity contribution in [3.63, 3.8) is 0 Å². The van der Waals surface area contributed by atoms with Crippen LogP contribution in [0.25, 0.3) is 0 Å². The van der Waals surface area contributed by atoms with Crippen LogP contribution >= 0.6 is 0 Å². The molecule has 3 heteroatoms. The van der Waals surface area contributed by atoms with Crippen molar-refractivity contribution < 1.29 is 10.2 Å². The number of hydrogen-bond acceptors (Lipinski definition) is 2. The topological polar surface area (TPSA) is 40.5 Å². The van der Waals surface area contributed by atoms with E-state index in [1.165, 1.54) is 35.3 Å². The Labute approximate surface area is 67.2 Å². The van der Waals surface area contributed by atoms with E-state index >= 15 is 0 Å². The fourth-order valence-electron chi connectivity index (χ4n) is 0. The van der Waals surface area contributed by atoms with E-state index in [-0.39, 0.29) is 13.2 Å². The van der Waals surface area contributed by atoms with Crippen molar-refractivity contribution in [3.05, 3.63) is 0 Å². The van der Waals surface area contributed by atoms with Gasteiger partial charge in [0.2, 0.25) is 0 Å². The molecule has 0 bridgehead atoms. The third kappa shape index (κ3) is 42.8. The Kier molecular flexibility index (Phi) is 24.6. The van der Waals surface area contributed by atoms with Gasteiger partial charge in [0, 0.05) is 0 Å². The quantitative estimate of drug-likeness (QED) is 0.445. The van der Waals surface area contributed by atoms with Gasteiger partial charge < -0.3 is 10.2 Å². The molecule has 0 radical (unpaired) electrons. The van der Waals surface area contributed by atoms with E-state index in [1.54, 1.807) is 0 Å². The first kappa shape index (κ1) is 10.9. The zero-order chi connectivity index (χ0) is 6.12. The van der Waals surface area contributed by atoms with Crippen molar-refractivity contribution in [2.24, 2.45) is 0 Å². The molecule has 7 heavy (non-hydrogen) atoms. The molecule has 0 amide bonds. The van der Waals surface area contributed by atoms with Crippen molar-refractivity contribution >= 4 is 37.3 Å². The molecule has 2 nitrogen and oxygen atoms in total. The molecule has 0 spiro atoms. The van der Waals surface area contributed by atoms with Gasteiger partial charge in [-0.2, -0.15) is 0 Å². The maximum Gasteiger partial charge on any atom is 0.0662 e. The molecule has 0 aliphatic rings. The average Bonchev–Trinajstić information content (AvgIpc) is 1.69. The fourth-order valence-corrected chi connectivity index (χ4v) is 0. The molecule has 2 N–H and O–H groups in total. The van der Waals surface area contributed by atoms with E-state index < -0.39 is 0 Å². The first-order chi connectivity index (χ1) is 3.33. The summed E-state index contributed by atoms with van der Waals surface area (Å²) in [5, 5.41) is 15.2. The van der Waals surface area contributed by atoms with Crippen molar-refractivity contribution in [3.8, 4) is 0 Å². The molecular formula is C4H10CaO2. The Morgan fingerprint density at radius 2 is 1.57 bits per heavy atom. The van der Waals surface area contributed by atoms with E-state index in [0.29, 0.717) is 0 Å². The predicted molar refractivity (Wildman–Crippen MR) is 31.7 cm³/mol. The van der Waals surface area contributed by atoms with Crippen LogP contribution in [0.2, 0.25) is 0 Å². The van der Waals surface area contributed by atoms with Crippen molar-refractivity contribution in [1.82, 2.24) is 0 Å². The van der Waals surface area contributed by atoms with Gasteiger partial charge in [-0.05, 0) is 0 Å². The summed E-state index contributed by atoms with van der Waals surface area (Å²) >= 11 is 1.32. The van der Waals surface area contributed by atoms with E-state index in [1.807, 2.05) is 0 Å². The van der Waals surface area contributed by atoms with Crippen LogP contribution in [0.3, 0.4) is 0 Å². The molecule has 0 aromatic carbocycles. The Morgan fingerprint density at radius 3 is 1.57 bits per heavy atom. The van der Waals surface area contributed by atoms with E-state index in [4.69, 9.17) is 10.2 Å². The van der Waals surface area contributed by atoms with Crippen molar-refractivity contribution in [1.29, 1.82) is 0 Å². The van der Waals surface area contributed by atoms with Gasteiger partial charge in [-0.3, -0.25) is 0 Å². The molecule has 0 rings (SSSR count). The molecule has 0 aliphatic heterocycles. The standard InChI is InChI=1S/C2H6O2.C2H4.Ca/c3-1-2-4;1-2;/h3-4H,1-2H2;1H,2H3;. The minimum Gasteiger partial charge on any atom is -0.394 e. The van der Waals surface area contributed by atoms with Gasteiger partial charge >= 0.3 is 44.3 Å². The molecule has 0 saturated heterocycles. The van der Waals surface area contributed by atoms with Crippen LogP contribution < -0.4 is 0 Å². The molecule has 0 fully saturated rings. The predicted octanol–water partition coefficient (Wildman–Crippen LogP) is -1.05. The minimum absolute atomic E-state index is 0.125. The second-order valence-electron chi connectivity index (χ2n) is 0.855. The summed E-state index contributed by atoms with van der Waals surface area (Å²) < 4.78 is 2.12. The first-order valence-corrected chi connectivity index (χ1v) is 3.39. The molecule has 0 aromatic rings. The molecule has 0 atom stereocenters. The van der Waals surface area contributed by atoms with E-state index in [9.17, 15) is 0 Å². The summed E-state index contributed by atoms with van der Waals surface area (Å²) in [5.74, 6) is 0. The fraction of sp³-hybridized carbons (Fsp3) is 0.750. The maximum atomic E-state index is 7.62. The average molecular weight is 130 g/mol. The Balaban J connectivity index is 0. The molecule has 0 unspecified atom stereocenters. The Hall–Kier alpha value is 1.05. The zero-order valence-corrected chi connectivity index (χ0v) is 6.80. The molecule has 40 valence electrons. The van der Waals surface area contributed by atoms with Gasteiger partial charge in [-0.1, -0.05) is 0 Å². The van der Waals surface area contributed by atoms with Gasteiger partial charge in [0.15, 0.2) is 0 Å². The van der Waals surface area contributed by atoms with Crippen LogP contribution in [0.15, 0.2) is 0 Å². The summed E-state index contributed by atoms with van der Waals surface area (Å²) in [5.41, 5.74) is 0. The van der Waals surface area contributed by atoms with Crippen LogP contribution in [0.5, 0.6) is 0 Å². The number of rotatable bonds is 1. The second-order valence-corrected chi connectivity index (χ2v) is 2.13. The Bertz CT molecular complexity index is 28.9. The van der Waals surface area contributed by atoms with Crippen LogP contribution in [-0.2, 0) is 0 Å². The molecule has 0 aliphatic carbocycles. The van der Waals surface area contributed by atoms with Crippen LogP contribution in [0.1, 0.15) is 6.92 Å². The van der Waals surface area contributed by atoms with Gasteiger partial charge in [-0.15, -0.1) is 0 Å². The number of aliphatic hydroxyl groups excluding tert-OH is 2. The van der Waals surface area contributed by atoms with Gasteiger partial charge in [-0.25, -0.2) is 0 Å². The van der Waals surface area contributed by atoms with Gasteiger partial charge in [0.1, 0.15) is 0 Å². The van der Waals surface area contributed by atoms with Gasteiger partial charge in [0.05, 0.1) is 13.2 Å². The molecular weight excluding hydrogens is 120 g/mol. The zero-order valence-electron chi connectivity index (χ0n) is 4.59. The van der Waals surface area contributed by atoms with Crippen LogP contribution in [0.4, 0.5) is 0 Å². The molecule has 0 saturated carbocycles. The summed E-state index contributed by atoms with van der Waals surface area (Å²) in [7, 11) is 0. The van der Waals surface area contributed by atoms with Crippen LogP contribution in [-0.4, -0.2) is 60.8 Å². The van der Waals surface area contributed by atoms with Crippen LogP contribution in [0, 0.1) is 0 Å². The summed E-state index contributed by atoms with van der Waals surface area (Å²) in [6, 6.07) is 0. The van der Waals surface area contributed by atoms with Gasteiger partial charge in [0.25, 0.3) is 0 Å². The third-order valence-electron chi connectivity index (χ3n) is 0.1000. The summed E-state index contributed by atoms with van der Waals surface area (Å²) in [6.45, 7) is 1.81. The molecule has 0 heterocycles. The third-order valence-corrected chi connectivity index (χ3v) is 0.1000. The summed E-state index contributed by atoms with van der Waals surface area (Å²) in [4.78, 5) is 0. The summed E-state index contributed by atoms with van der Waals surface area (Å²) in [6.07, 6.45) is 0. The van der Waals surface area contributed by atoms with E-state index in [0.717, 1.165) is 0 Å². The minimum atomic E-state index is -0.125. The molecule has 0 aromatic heterocycles. The second kappa shape index (κ2) is 15.7. The van der Waals surface area contributed by atoms with Crippen molar-refractivity contribution in [2.75, 3.05) is 13.2 Å². The Morgan fingerprint density at radius 1 is 1.43 bits per heavy atom. The van der Waals surface area contributed by atoms with Crippen molar-refractivity contribution in [2.45, 2.75) is 6.92 Å². The largest absolute Gasteiger partial charge is 0.394 e. The van der Waals surface area contributed by atoms with E-state index in [2.05, 4.69) is 9.01 Å². The number of hydrogen-bond donors (Lipinski definition) is 2. The normalized spacial score (nSPS) is 6.43. The SMILES string of the molecule is C[CH]=[Ca].OCCO.